The maximum atomic E-state index is 4.72. The van der Waals surface area contributed by atoms with E-state index >= 15 is 0 Å². The Hall–Kier alpha value is -1.20. The Kier molecular flexibility index (Phi) is 4.17. The van der Waals surface area contributed by atoms with Gasteiger partial charge in [0.25, 0.3) is 0 Å². The molecule has 0 saturated carbocycles. The summed E-state index contributed by atoms with van der Waals surface area (Å²) in [5.74, 6) is 0.911. The van der Waals surface area contributed by atoms with Crippen LogP contribution in [0.2, 0.25) is 0 Å². The minimum absolute atomic E-state index is 0.717. The number of aromatic nitrogens is 2. The molecule has 0 amide bonds. The van der Waals surface area contributed by atoms with Gasteiger partial charge in [-0.3, -0.25) is 4.90 Å². The summed E-state index contributed by atoms with van der Waals surface area (Å²) in [6.07, 6.45) is 4.66. The van der Waals surface area contributed by atoms with E-state index in [1.165, 1.54) is 24.9 Å². The quantitative estimate of drug-likeness (QED) is 0.894. The Balaban J connectivity index is 1.69. The lowest BCUT2D eigenvalue weighted by Crippen LogP contribution is -2.50. The van der Waals surface area contributed by atoms with Crippen LogP contribution in [-0.4, -0.2) is 53.6 Å². The van der Waals surface area contributed by atoms with Gasteiger partial charge in [0.1, 0.15) is 0 Å². The van der Waals surface area contributed by atoms with Crippen molar-refractivity contribution in [3.63, 3.8) is 0 Å². The molecule has 2 aliphatic heterocycles. The van der Waals surface area contributed by atoms with Gasteiger partial charge in [-0.2, -0.15) is 0 Å². The second-order valence-corrected chi connectivity index (χ2v) is 5.84. The fraction of sp³-hybridized carbons (Fsp3) is 0.733. The average Bonchev–Trinajstić information content (AvgIpc) is 2.93. The summed E-state index contributed by atoms with van der Waals surface area (Å²) in [6.45, 7) is 10.6. The van der Waals surface area contributed by atoms with Crippen molar-refractivity contribution in [3.8, 4) is 0 Å². The van der Waals surface area contributed by atoms with E-state index in [0.717, 1.165) is 44.4 Å². The van der Waals surface area contributed by atoms with Gasteiger partial charge in [-0.25, -0.2) is 9.97 Å². The van der Waals surface area contributed by atoms with Crippen LogP contribution in [-0.2, 0) is 6.54 Å². The Morgan fingerprint density at radius 3 is 3.05 bits per heavy atom. The molecule has 20 heavy (non-hydrogen) atoms. The first-order valence-corrected chi connectivity index (χ1v) is 7.80. The summed E-state index contributed by atoms with van der Waals surface area (Å²) in [5, 5.41) is 3.33. The van der Waals surface area contributed by atoms with Crippen LogP contribution in [0.15, 0.2) is 6.20 Å². The van der Waals surface area contributed by atoms with Crippen molar-refractivity contribution in [2.45, 2.75) is 39.3 Å². The molecule has 110 valence electrons. The lowest BCUT2D eigenvalue weighted by molar-refractivity contribution is 0.229. The number of hydrogen-bond acceptors (Lipinski definition) is 5. The Morgan fingerprint density at radius 1 is 1.35 bits per heavy atom. The van der Waals surface area contributed by atoms with E-state index in [1.807, 2.05) is 6.20 Å². The predicted octanol–water partition coefficient (Wildman–Crippen LogP) is 1.18. The molecule has 5 heteroatoms. The molecule has 0 aromatic carbocycles. The molecule has 0 radical (unpaired) electrons. The number of aryl methyl sites for hydroxylation is 1. The minimum Gasteiger partial charge on any atom is -0.338 e. The summed E-state index contributed by atoms with van der Waals surface area (Å²) in [4.78, 5) is 14.3. The highest BCUT2D eigenvalue weighted by Gasteiger charge is 2.31. The van der Waals surface area contributed by atoms with Crippen molar-refractivity contribution < 1.29 is 0 Å². The van der Waals surface area contributed by atoms with Crippen molar-refractivity contribution in [1.82, 2.24) is 20.2 Å². The van der Waals surface area contributed by atoms with Gasteiger partial charge in [-0.05, 0) is 32.9 Å². The normalized spacial score (nSPS) is 23.1. The van der Waals surface area contributed by atoms with E-state index in [1.54, 1.807) is 0 Å². The van der Waals surface area contributed by atoms with Crippen LogP contribution in [0.1, 0.15) is 31.0 Å². The number of piperazine rings is 1. The second kappa shape index (κ2) is 6.06. The molecule has 2 aliphatic rings. The summed E-state index contributed by atoms with van der Waals surface area (Å²) in [7, 11) is 0. The first-order chi connectivity index (χ1) is 9.78. The van der Waals surface area contributed by atoms with E-state index < -0.39 is 0 Å². The predicted molar refractivity (Wildman–Crippen MR) is 81.0 cm³/mol. The average molecular weight is 275 g/mol. The Morgan fingerprint density at radius 2 is 2.25 bits per heavy atom. The molecule has 0 bridgehead atoms. The molecule has 1 aromatic rings. The highest BCUT2D eigenvalue weighted by Crippen LogP contribution is 2.23. The number of nitrogens with zero attached hydrogens (tertiary/aromatic N) is 4. The van der Waals surface area contributed by atoms with E-state index in [2.05, 4.69) is 33.9 Å². The van der Waals surface area contributed by atoms with Crippen molar-refractivity contribution in [2.24, 2.45) is 0 Å². The summed E-state index contributed by atoms with van der Waals surface area (Å²) >= 11 is 0. The molecule has 1 unspecified atom stereocenters. The molecule has 3 heterocycles. The molecule has 2 saturated heterocycles. The third kappa shape index (κ3) is 2.79. The fourth-order valence-corrected chi connectivity index (χ4v) is 3.24. The lowest BCUT2D eigenvalue weighted by atomic mass is 10.1. The van der Waals surface area contributed by atoms with Crippen molar-refractivity contribution >= 4 is 5.95 Å². The van der Waals surface area contributed by atoms with Gasteiger partial charge in [0, 0.05) is 49.7 Å². The number of hydrogen-bond donors (Lipinski definition) is 1. The fourth-order valence-electron chi connectivity index (χ4n) is 3.24. The van der Waals surface area contributed by atoms with Crippen LogP contribution in [0.25, 0.3) is 0 Å². The van der Waals surface area contributed by atoms with Gasteiger partial charge in [0.2, 0.25) is 5.95 Å². The monoisotopic (exact) mass is 275 g/mol. The van der Waals surface area contributed by atoms with Crippen LogP contribution in [0.5, 0.6) is 0 Å². The molecular weight excluding hydrogens is 250 g/mol. The minimum atomic E-state index is 0.717. The Bertz CT molecular complexity index is 462. The van der Waals surface area contributed by atoms with E-state index in [-0.39, 0.29) is 0 Å². The first kappa shape index (κ1) is 13.8. The lowest BCUT2D eigenvalue weighted by Gasteiger charge is -2.37. The molecular formula is C15H25N5. The second-order valence-electron chi connectivity index (χ2n) is 5.84. The third-order valence-electron chi connectivity index (χ3n) is 4.50. The molecule has 1 atom stereocenters. The van der Waals surface area contributed by atoms with Gasteiger partial charge in [-0.15, -0.1) is 0 Å². The van der Waals surface area contributed by atoms with Gasteiger partial charge < -0.3 is 10.2 Å². The van der Waals surface area contributed by atoms with Crippen molar-refractivity contribution in [2.75, 3.05) is 37.6 Å². The third-order valence-corrected chi connectivity index (χ3v) is 4.50. The Labute approximate surface area is 121 Å². The SMILES string of the molecule is CCNCc1cnc(N2CCN3CCCC3C2)nc1C. The molecule has 1 aromatic heterocycles. The van der Waals surface area contributed by atoms with Crippen LogP contribution in [0, 0.1) is 6.92 Å². The maximum Gasteiger partial charge on any atom is 0.225 e. The van der Waals surface area contributed by atoms with E-state index in [4.69, 9.17) is 4.98 Å². The number of rotatable bonds is 4. The van der Waals surface area contributed by atoms with Crippen molar-refractivity contribution in [3.05, 3.63) is 17.5 Å². The molecule has 3 rings (SSSR count). The topological polar surface area (TPSA) is 44.3 Å². The number of anilines is 1. The summed E-state index contributed by atoms with van der Waals surface area (Å²) < 4.78 is 0. The number of fused-ring (bicyclic) bond motifs is 1. The van der Waals surface area contributed by atoms with Crippen LogP contribution >= 0.6 is 0 Å². The molecule has 0 aliphatic carbocycles. The highest BCUT2D eigenvalue weighted by atomic mass is 15.3. The largest absolute Gasteiger partial charge is 0.338 e. The van der Waals surface area contributed by atoms with E-state index in [9.17, 15) is 0 Å². The maximum absolute atomic E-state index is 4.72. The van der Waals surface area contributed by atoms with Crippen LogP contribution < -0.4 is 10.2 Å². The zero-order valence-electron chi connectivity index (χ0n) is 12.6. The molecule has 0 spiro atoms. The standard InChI is InChI=1S/C15H25N5/c1-3-16-9-13-10-17-15(18-12(13)2)20-8-7-19-6-4-5-14(19)11-20/h10,14,16H,3-9,11H2,1-2H3. The number of nitrogens with one attached hydrogen (secondary N) is 1. The molecule has 5 nitrogen and oxygen atoms in total. The van der Waals surface area contributed by atoms with Gasteiger partial charge in [0.05, 0.1) is 0 Å². The van der Waals surface area contributed by atoms with Gasteiger partial charge in [-0.1, -0.05) is 6.92 Å². The van der Waals surface area contributed by atoms with Gasteiger partial charge in [0.15, 0.2) is 0 Å². The summed E-state index contributed by atoms with van der Waals surface area (Å²) in [5.41, 5.74) is 2.31. The van der Waals surface area contributed by atoms with Crippen LogP contribution in [0.3, 0.4) is 0 Å². The van der Waals surface area contributed by atoms with Gasteiger partial charge >= 0.3 is 0 Å². The van der Waals surface area contributed by atoms with Crippen LogP contribution in [0.4, 0.5) is 5.95 Å². The highest BCUT2D eigenvalue weighted by molar-refractivity contribution is 5.34. The van der Waals surface area contributed by atoms with Crippen molar-refractivity contribution in [1.29, 1.82) is 0 Å². The smallest absolute Gasteiger partial charge is 0.225 e. The zero-order valence-corrected chi connectivity index (χ0v) is 12.6. The molecule has 2 fully saturated rings. The summed E-state index contributed by atoms with van der Waals surface area (Å²) in [6, 6.07) is 0.717. The molecule has 1 N–H and O–H groups in total. The first-order valence-electron chi connectivity index (χ1n) is 7.80. The van der Waals surface area contributed by atoms with E-state index in [0.29, 0.717) is 6.04 Å². The zero-order chi connectivity index (χ0) is 13.9.